The Morgan fingerprint density at radius 2 is 1.82 bits per heavy atom. The second kappa shape index (κ2) is 11.4. The summed E-state index contributed by atoms with van der Waals surface area (Å²) in [6.45, 7) is 4.67. The molecule has 0 amide bonds. The van der Waals surface area contributed by atoms with Gasteiger partial charge in [-0.15, -0.1) is 0 Å². The number of carbonyl (C=O) groups excluding carboxylic acids is 2. The van der Waals surface area contributed by atoms with Crippen molar-refractivity contribution in [2.75, 3.05) is 0 Å². The average Bonchev–Trinajstić information content (AvgIpc) is 2.13. The van der Waals surface area contributed by atoms with Crippen LogP contribution < -0.4 is 5.73 Å². The van der Waals surface area contributed by atoms with Gasteiger partial charge in [0.15, 0.2) is 0 Å². The molecule has 0 aliphatic carbocycles. The number of aliphatic carboxylic acids is 1. The normalized spacial score (nSPS) is 10.2. The first-order valence-electron chi connectivity index (χ1n) is 4.23. The third kappa shape index (κ3) is 11.1. The van der Waals surface area contributed by atoms with Crippen molar-refractivity contribution in [1.82, 2.24) is 0 Å². The zero-order chi connectivity index (χ0) is 12.0. The van der Waals surface area contributed by atoms with Crippen LogP contribution in [-0.2, 0) is 19.1 Å². The van der Waals surface area contributed by atoms with E-state index in [0.717, 1.165) is 0 Å². The molecule has 88 valence electrons. The second-order valence-electron chi connectivity index (χ2n) is 3.03. The summed E-state index contributed by atoms with van der Waals surface area (Å²) in [5.41, 5.74) is 5.37. The number of carbonyl (C=O) groups is 3. The molecular formula is C9H15NNa2O5. The van der Waals surface area contributed by atoms with Gasteiger partial charge in [0.2, 0.25) is 0 Å². The molecule has 0 aliphatic rings. The minimum atomic E-state index is -1.11. The first-order valence-corrected chi connectivity index (χ1v) is 4.23. The average molecular weight is 263 g/mol. The van der Waals surface area contributed by atoms with Gasteiger partial charge in [-0.3, -0.25) is 4.79 Å². The van der Waals surface area contributed by atoms with E-state index in [1.54, 1.807) is 0 Å². The summed E-state index contributed by atoms with van der Waals surface area (Å²) in [5, 5.41) is 8.33. The van der Waals surface area contributed by atoms with Crippen molar-refractivity contribution >= 4 is 77.0 Å². The fourth-order valence-electron chi connectivity index (χ4n) is 0.651. The first-order chi connectivity index (χ1) is 6.84. The molecule has 0 saturated heterocycles. The van der Waals surface area contributed by atoms with Crippen LogP contribution in [0.3, 0.4) is 0 Å². The van der Waals surface area contributed by atoms with Gasteiger partial charge in [-0.1, -0.05) is 6.58 Å². The maximum absolute atomic E-state index is 11.1. The molecule has 6 nitrogen and oxygen atoms in total. The molecular weight excluding hydrogens is 248 g/mol. The Kier molecular flexibility index (Phi) is 15.1. The molecule has 0 radical (unpaired) electrons. The van der Waals surface area contributed by atoms with Crippen LogP contribution in [-0.4, -0.2) is 88.2 Å². The van der Waals surface area contributed by atoms with Gasteiger partial charge >= 0.3 is 77.0 Å². The van der Waals surface area contributed by atoms with Crippen molar-refractivity contribution in [2.24, 2.45) is 5.73 Å². The Labute approximate surface area is 144 Å². The molecule has 0 spiro atoms. The quantitative estimate of drug-likeness (QED) is 0.271. The number of carboxylic acid groups (broad SMARTS) is 1. The van der Waals surface area contributed by atoms with Crippen LogP contribution >= 0.6 is 0 Å². The molecule has 0 fully saturated rings. The standard InChI is InChI=1S/C9H13NO5.2Na.2H/c1-5(2)8(13)15-9(14)6(10)3-4-7(11)12;;;;/h6H,1,3-4,10H2,2H3,(H,11,12);;;;. The van der Waals surface area contributed by atoms with Crippen LogP contribution in [0.1, 0.15) is 19.8 Å². The van der Waals surface area contributed by atoms with E-state index in [2.05, 4.69) is 11.3 Å². The fourth-order valence-corrected chi connectivity index (χ4v) is 0.651. The Morgan fingerprint density at radius 1 is 1.35 bits per heavy atom. The van der Waals surface area contributed by atoms with Crippen LogP contribution in [0.2, 0.25) is 0 Å². The van der Waals surface area contributed by atoms with E-state index in [0.29, 0.717) is 0 Å². The van der Waals surface area contributed by atoms with Gasteiger partial charge in [0.05, 0.1) is 0 Å². The maximum atomic E-state index is 11.1. The minimum absolute atomic E-state index is 0. The predicted molar refractivity (Wildman–Crippen MR) is 65.1 cm³/mol. The topological polar surface area (TPSA) is 107 Å². The molecule has 0 aliphatic heterocycles. The molecule has 0 aromatic rings. The molecule has 0 bridgehead atoms. The molecule has 17 heavy (non-hydrogen) atoms. The first kappa shape index (κ1) is 22.5. The molecule has 0 aromatic heterocycles. The monoisotopic (exact) mass is 263 g/mol. The zero-order valence-corrected chi connectivity index (χ0v) is 8.36. The predicted octanol–water partition coefficient (Wildman–Crippen LogP) is -1.47. The van der Waals surface area contributed by atoms with Crippen molar-refractivity contribution < 1.29 is 24.2 Å². The third-order valence-corrected chi connectivity index (χ3v) is 1.51. The van der Waals surface area contributed by atoms with Crippen molar-refractivity contribution in [3.05, 3.63) is 12.2 Å². The molecule has 1 unspecified atom stereocenters. The van der Waals surface area contributed by atoms with Gasteiger partial charge in [0.25, 0.3) is 0 Å². The summed E-state index contributed by atoms with van der Waals surface area (Å²) in [5.74, 6) is -2.86. The number of esters is 2. The number of ether oxygens (including phenoxy) is 1. The molecule has 0 rings (SSSR count). The summed E-state index contributed by atoms with van der Waals surface area (Å²) in [4.78, 5) is 32.1. The summed E-state index contributed by atoms with van der Waals surface area (Å²) >= 11 is 0. The number of hydrogen-bond donors (Lipinski definition) is 2. The summed E-state index contributed by atoms with van der Waals surface area (Å²) < 4.78 is 4.31. The molecule has 8 heteroatoms. The molecule has 0 aromatic carbocycles. The number of carboxylic acids is 1. The summed E-state index contributed by atoms with van der Waals surface area (Å²) in [7, 11) is 0. The molecule has 0 saturated carbocycles. The Balaban J connectivity index is -0.000000980. The van der Waals surface area contributed by atoms with E-state index in [1.807, 2.05) is 0 Å². The van der Waals surface area contributed by atoms with Crippen LogP contribution in [0, 0.1) is 0 Å². The second-order valence-corrected chi connectivity index (χ2v) is 3.03. The third-order valence-electron chi connectivity index (χ3n) is 1.51. The van der Waals surface area contributed by atoms with Crippen molar-refractivity contribution in [1.29, 1.82) is 0 Å². The van der Waals surface area contributed by atoms with Crippen LogP contribution in [0.4, 0.5) is 0 Å². The number of rotatable bonds is 5. The van der Waals surface area contributed by atoms with Crippen molar-refractivity contribution in [3.8, 4) is 0 Å². The number of hydrogen-bond acceptors (Lipinski definition) is 5. The van der Waals surface area contributed by atoms with E-state index in [4.69, 9.17) is 10.8 Å². The number of nitrogens with two attached hydrogens (primary N) is 1. The van der Waals surface area contributed by atoms with E-state index >= 15 is 0 Å². The van der Waals surface area contributed by atoms with Gasteiger partial charge in [-0.2, -0.15) is 0 Å². The van der Waals surface area contributed by atoms with Gasteiger partial charge in [-0.25, -0.2) is 9.59 Å². The van der Waals surface area contributed by atoms with Crippen LogP contribution in [0.5, 0.6) is 0 Å². The van der Waals surface area contributed by atoms with Gasteiger partial charge in [0.1, 0.15) is 6.04 Å². The van der Waals surface area contributed by atoms with Crippen LogP contribution in [0.15, 0.2) is 12.2 Å². The van der Waals surface area contributed by atoms with Crippen molar-refractivity contribution in [2.45, 2.75) is 25.8 Å². The molecule has 0 heterocycles. The summed E-state index contributed by atoms with van der Waals surface area (Å²) in [6, 6.07) is -1.11. The Morgan fingerprint density at radius 3 is 2.18 bits per heavy atom. The van der Waals surface area contributed by atoms with Crippen LogP contribution in [0.25, 0.3) is 0 Å². The van der Waals surface area contributed by atoms with E-state index in [1.165, 1.54) is 6.92 Å². The van der Waals surface area contributed by atoms with Gasteiger partial charge < -0.3 is 15.6 Å². The van der Waals surface area contributed by atoms with Gasteiger partial charge in [0, 0.05) is 12.0 Å². The van der Waals surface area contributed by atoms with Gasteiger partial charge in [-0.05, 0) is 13.3 Å². The van der Waals surface area contributed by atoms with E-state index in [9.17, 15) is 14.4 Å². The fraction of sp³-hybridized carbons (Fsp3) is 0.444. The Bertz CT molecular complexity index is 306. The molecule has 1 atom stereocenters. The molecule has 3 N–H and O–H groups in total. The van der Waals surface area contributed by atoms with E-state index in [-0.39, 0.29) is 77.5 Å². The summed E-state index contributed by atoms with van der Waals surface area (Å²) in [6.07, 6.45) is -0.324. The van der Waals surface area contributed by atoms with E-state index < -0.39 is 23.9 Å². The zero-order valence-electron chi connectivity index (χ0n) is 8.36. The van der Waals surface area contributed by atoms with Crippen molar-refractivity contribution in [3.63, 3.8) is 0 Å². The SMILES string of the molecule is C=C(C)C(=O)OC(=O)C(N)CCC(=O)O.[NaH].[NaH]. The Hall–Kier alpha value is 0.310.